The molecular weight excluding hydrogens is 299 g/mol. The van der Waals surface area contributed by atoms with Crippen LogP contribution in [0, 0.1) is 5.82 Å². The Kier molecular flexibility index (Phi) is 4.00. The molecule has 0 N–H and O–H groups in total. The van der Waals surface area contributed by atoms with Crippen molar-refractivity contribution >= 4 is 11.9 Å². The second-order valence-electron chi connectivity index (χ2n) is 6.22. The Morgan fingerprint density at radius 2 is 2.00 bits per heavy atom. The molecule has 0 radical (unpaired) electrons. The first-order valence-electron chi connectivity index (χ1n) is 8.04. The number of amides is 3. The van der Waals surface area contributed by atoms with Crippen molar-refractivity contribution in [3.63, 3.8) is 0 Å². The first kappa shape index (κ1) is 15.8. The molecule has 2 aliphatic rings. The highest BCUT2D eigenvalue weighted by molar-refractivity contribution is 6.07. The van der Waals surface area contributed by atoms with E-state index in [9.17, 15) is 14.0 Å². The molecule has 2 fully saturated rings. The van der Waals surface area contributed by atoms with Crippen LogP contribution < -0.4 is 4.74 Å². The Labute approximate surface area is 135 Å². The molecule has 0 bridgehead atoms. The molecule has 2 saturated heterocycles. The lowest BCUT2D eigenvalue weighted by Crippen LogP contribution is -2.45. The standard InChI is InChI=1S/C17H21FN2O3/c1-3-17-9-4-10-20(17)16(22)19(15(17)21)11-12(2)23-14-7-5-13(18)6-8-14/h5-8,12H,3-4,9-11H2,1-2H3. The van der Waals surface area contributed by atoms with E-state index in [0.29, 0.717) is 18.7 Å². The Bertz CT molecular complexity index is 619. The van der Waals surface area contributed by atoms with Gasteiger partial charge >= 0.3 is 6.03 Å². The molecule has 2 heterocycles. The Balaban J connectivity index is 1.69. The van der Waals surface area contributed by atoms with Gasteiger partial charge in [0.05, 0.1) is 6.54 Å². The maximum absolute atomic E-state index is 12.9. The number of benzene rings is 1. The minimum Gasteiger partial charge on any atom is -0.489 e. The fourth-order valence-electron chi connectivity index (χ4n) is 3.58. The van der Waals surface area contributed by atoms with Crippen molar-refractivity contribution in [1.82, 2.24) is 9.80 Å². The fraction of sp³-hybridized carbons (Fsp3) is 0.529. The van der Waals surface area contributed by atoms with Crippen LogP contribution in [0.5, 0.6) is 5.75 Å². The first-order chi connectivity index (χ1) is 11.0. The summed E-state index contributed by atoms with van der Waals surface area (Å²) in [6.07, 6.45) is 1.89. The summed E-state index contributed by atoms with van der Waals surface area (Å²) in [7, 11) is 0. The van der Waals surface area contributed by atoms with Crippen LogP contribution in [0.15, 0.2) is 24.3 Å². The molecule has 0 spiro atoms. The van der Waals surface area contributed by atoms with Crippen molar-refractivity contribution < 1.29 is 18.7 Å². The lowest BCUT2D eigenvalue weighted by molar-refractivity contribution is -0.133. The number of carbonyl (C=O) groups excluding carboxylic acids is 2. The molecule has 6 heteroatoms. The average molecular weight is 320 g/mol. The van der Waals surface area contributed by atoms with E-state index in [1.165, 1.54) is 29.2 Å². The Hall–Kier alpha value is -2.11. The second-order valence-corrected chi connectivity index (χ2v) is 6.22. The van der Waals surface area contributed by atoms with E-state index < -0.39 is 5.54 Å². The van der Waals surface area contributed by atoms with Crippen LogP contribution in [0.25, 0.3) is 0 Å². The molecule has 0 aliphatic carbocycles. The van der Waals surface area contributed by atoms with Gasteiger partial charge in [0.15, 0.2) is 0 Å². The van der Waals surface area contributed by atoms with Gasteiger partial charge in [-0.05, 0) is 50.5 Å². The van der Waals surface area contributed by atoms with Gasteiger partial charge in [-0.15, -0.1) is 0 Å². The van der Waals surface area contributed by atoms with E-state index in [4.69, 9.17) is 4.74 Å². The fourth-order valence-corrected chi connectivity index (χ4v) is 3.58. The minimum absolute atomic E-state index is 0.114. The number of rotatable bonds is 5. The van der Waals surface area contributed by atoms with Crippen molar-refractivity contribution in [2.24, 2.45) is 0 Å². The van der Waals surface area contributed by atoms with Gasteiger partial charge in [-0.2, -0.15) is 0 Å². The quantitative estimate of drug-likeness (QED) is 0.784. The summed E-state index contributed by atoms with van der Waals surface area (Å²) in [4.78, 5) is 28.3. The van der Waals surface area contributed by atoms with Gasteiger partial charge < -0.3 is 9.64 Å². The van der Waals surface area contributed by atoms with Crippen LogP contribution in [0.2, 0.25) is 0 Å². The number of ether oxygens (including phenoxy) is 1. The third-order valence-electron chi connectivity index (χ3n) is 4.77. The number of carbonyl (C=O) groups is 2. The van der Waals surface area contributed by atoms with Crippen molar-refractivity contribution in [2.45, 2.75) is 44.8 Å². The maximum Gasteiger partial charge on any atom is 0.327 e. The number of imide groups is 1. The number of fused-ring (bicyclic) bond motifs is 1. The molecule has 0 saturated carbocycles. The molecular formula is C17H21FN2O3. The van der Waals surface area contributed by atoms with Crippen molar-refractivity contribution in [3.05, 3.63) is 30.1 Å². The van der Waals surface area contributed by atoms with Crippen molar-refractivity contribution in [1.29, 1.82) is 0 Å². The number of halogens is 1. The monoisotopic (exact) mass is 320 g/mol. The van der Waals surface area contributed by atoms with E-state index in [1.807, 2.05) is 6.92 Å². The van der Waals surface area contributed by atoms with Gasteiger partial charge in [0, 0.05) is 6.54 Å². The molecule has 23 heavy (non-hydrogen) atoms. The topological polar surface area (TPSA) is 49.9 Å². The summed E-state index contributed by atoms with van der Waals surface area (Å²) in [5, 5.41) is 0. The number of nitrogens with zero attached hydrogens (tertiary/aromatic N) is 2. The summed E-state index contributed by atoms with van der Waals surface area (Å²) >= 11 is 0. The zero-order valence-electron chi connectivity index (χ0n) is 13.4. The van der Waals surface area contributed by atoms with Gasteiger partial charge in [0.25, 0.3) is 5.91 Å². The zero-order chi connectivity index (χ0) is 16.6. The summed E-state index contributed by atoms with van der Waals surface area (Å²) in [6.45, 7) is 4.59. The molecule has 5 nitrogen and oxygen atoms in total. The first-order valence-corrected chi connectivity index (χ1v) is 8.04. The normalized spacial score (nSPS) is 25.0. The van der Waals surface area contributed by atoms with Crippen LogP contribution in [0.3, 0.4) is 0 Å². The van der Waals surface area contributed by atoms with Crippen LogP contribution in [0.4, 0.5) is 9.18 Å². The van der Waals surface area contributed by atoms with Crippen molar-refractivity contribution in [2.75, 3.05) is 13.1 Å². The average Bonchev–Trinajstić information content (AvgIpc) is 3.05. The van der Waals surface area contributed by atoms with E-state index in [2.05, 4.69) is 0 Å². The summed E-state index contributed by atoms with van der Waals surface area (Å²) in [5.41, 5.74) is -0.646. The maximum atomic E-state index is 12.9. The smallest absolute Gasteiger partial charge is 0.327 e. The summed E-state index contributed by atoms with van der Waals surface area (Å²) in [5.74, 6) is 0.0705. The van der Waals surface area contributed by atoms with E-state index in [0.717, 1.165) is 12.8 Å². The van der Waals surface area contributed by atoms with Crippen LogP contribution in [-0.2, 0) is 4.79 Å². The highest BCUT2D eigenvalue weighted by atomic mass is 19.1. The highest BCUT2D eigenvalue weighted by Gasteiger charge is 2.58. The molecule has 1 aromatic carbocycles. The molecule has 3 amide bonds. The third-order valence-corrected chi connectivity index (χ3v) is 4.77. The van der Waals surface area contributed by atoms with Crippen LogP contribution in [0.1, 0.15) is 33.1 Å². The third kappa shape index (κ3) is 2.56. The SMILES string of the molecule is CCC12CCCN1C(=O)N(CC(C)Oc1ccc(F)cc1)C2=O. The predicted molar refractivity (Wildman–Crippen MR) is 82.6 cm³/mol. The minimum atomic E-state index is -0.646. The van der Waals surface area contributed by atoms with E-state index >= 15 is 0 Å². The zero-order valence-corrected chi connectivity index (χ0v) is 13.4. The predicted octanol–water partition coefficient (Wildman–Crippen LogP) is 2.80. The lowest BCUT2D eigenvalue weighted by atomic mass is 9.93. The second kappa shape index (κ2) is 5.83. The lowest BCUT2D eigenvalue weighted by Gasteiger charge is -2.26. The van der Waals surface area contributed by atoms with Crippen LogP contribution >= 0.6 is 0 Å². The summed E-state index contributed by atoms with van der Waals surface area (Å²) < 4.78 is 18.6. The van der Waals surface area contributed by atoms with Gasteiger partial charge in [0.2, 0.25) is 0 Å². The molecule has 2 aliphatic heterocycles. The molecule has 2 unspecified atom stereocenters. The highest BCUT2D eigenvalue weighted by Crippen LogP contribution is 2.40. The number of hydrogen-bond acceptors (Lipinski definition) is 3. The summed E-state index contributed by atoms with van der Waals surface area (Å²) in [6, 6.07) is 5.48. The largest absolute Gasteiger partial charge is 0.489 e. The molecule has 1 aromatic rings. The Morgan fingerprint density at radius 3 is 2.61 bits per heavy atom. The molecule has 124 valence electrons. The van der Waals surface area contributed by atoms with E-state index in [-0.39, 0.29) is 30.4 Å². The van der Waals surface area contributed by atoms with Crippen LogP contribution in [-0.4, -0.2) is 46.5 Å². The van der Waals surface area contributed by atoms with Crippen molar-refractivity contribution in [3.8, 4) is 5.75 Å². The Morgan fingerprint density at radius 1 is 1.30 bits per heavy atom. The van der Waals surface area contributed by atoms with Gasteiger partial charge in [-0.25, -0.2) is 9.18 Å². The molecule has 3 rings (SSSR count). The van der Waals surface area contributed by atoms with Gasteiger partial charge in [-0.1, -0.05) is 6.92 Å². The van der Waals surface area contributed by atoms with Gasteiger partial charge in [-0.3, -0.25) is 9.69 Å². The van der Waals surface area contributed by atoms with Gasteiger partial charge in [0.1, 0.15) is 23.2 Å². The molecule has 2 atom stereocenters. The van der Waals surface area contributed by atoms with E-state index in [1.54, 1.807) is 11.8 Å². The number of hydrogen-bond donors (Lipinski definition) is 0. The molecule has 0 aromatic heterocycles. The number of urea groups is 1.